The third kappa shape index (κ3) is 26.9. The number of methoxy groups -OCH3 is 1. The molecule has 11 amide bonds. The number of fused-ring (bicyclic) bond motifs is 4. The van der Waals surface area contributed by atoms with Crippen LogP contribution in [0, 0.1) is 5.92 Å². The Bertz CT molecular complexity index is 5260. The molecular formula is C98H120N16O18. The largest absolute Gasteiger partial charge is 0.483 e. The molecule has 15 rings (SSSR count). The molecule has 4 fully saturated rings. The lowest BCUT2D eigenvalue weighted by Crippen LogP contribution is -2.58. The van der Waals surface area contributed by atoms with Gasteiger partial charge in [-0.15, -0.1) is 0 Å². The summed E-state index contributed by atoms with van der Waals surface area (Å²) in [6.07, 6.45) is 27.8. The summed E-state index contributed by atoms with van der Waals surface area (Å²) in [6, 6.07) is 28.0. The molecule has 7 aliphatic carbocycles. The van der Waals surface area contributed by atoms with Gasteiger partial charge in [-0.2, -0.15) is 0 Å². The van der Waals surface area contributed by atoms with E-state index in [2.05, 4.69) is 114 Å². The topological polar surface area (TPSA) is 465 Å². The van der Waals surface area contributed by atoms with Gasteiger partial charge in [-0.25, -0.2) is 34.7 Å². The number of ether oxygens (including phenoxy) is 4. The van der Waals surface area contributed by atoms with Crippen molar-refractivity contribution >= 4 is 100.0 Å². The Hall–Kier alpha value is -13.0. The molecule has 9 N–H and O–H groups in total. The molecule has 34 nitrogen and oxygen atoms in total. The summed E-state index contributed by atoms with van der Waals surface area (Å²) >= 11 is 0. The van der Waals surface area contributed by atoms with Crippen LogP contribution in [0.25, 0.3) is 0 Å². The average molecular weight is 1810 g/mol. The molecule has 132 heavy (non-hydrogen) atoms. The van der Waals surface area contributed by atoms with E-state index in [1.54, 1.807) is 33.9 Å². The van der Waals surface area contributed by atoms with Gasteiger partial charge in [-0.1, -0.05) is 144 Å². The Morgan fingerprint density at radius 2 is 0.955 bits per heavy atom. The number of carbonyl (C=O) groups is 14. The van der Waals surface area contributed by atoms with Crippen molar-refractivity contribution in [1.82, 2.24) is 66.7 Å². The number of anilines is 3. The predicted molar refractivity (Wildman–Crippen MR) is 487 cm³/mol. The van der Waals surface area contributed by atoms with E-state index in [0.717, 1.165) is 101 Å². The van der Waals surface area contributed by atoms with Crippen molar-refractivity contribution in [3.8, 4) is 5.75 Å². The van der Waals surface area contributed by atoms with E-state index in [0.29, 0.717) is 90.6 Å². The molecule has 1 unspecified atom stereocenters. The van der Waals surface area contributed by atoms with Crippen LogP contribution in [-0.2, 0) is 91.1 Å². The molecule has 0 saturated heterocycles. The van der Waals surface area contributed by atoms with E-state index in [1.165, 1.54) is 89.1 Å². The zero-order chi connectivity index (χ0) is 93.7. The van der Waals surface area contributed by atoms with Gasteiger partial charge in [-0.05, 0) is 169 Å². The van der Waals surface area contributed by atoms with Crippen molar-refractivity contribution in [2.45, 2.75) is 261 Å². The highest BCUT2D eigenvalue weighted by molar-refractivity contribution is 6.25. The first-order valence-corrected chi connectivity index (χ1v) is 46.0. The van der Waals surface area contributed by atoms with Crippen LogP contribution in [0.15, 0.2) is 128 Å². The summed E-state index contributed by atoms with van der Waals surface area (Å²) in [6.45, 7) is 8.85. The highest BCUT2D eigenvalue weighted by Gasteiger charge is 2.48. The number of ketones is 3. The first-order valence-electron chi connectivity index (χ1n) is 46.0. The summed E-state index contributed by atoms with van der Waals surface area (Å²) in [4.78, 5) is 204. The smallest absolute Gasteiger partial charge is 0.408 e. The predicted octanol–water partition coefficient (Wildman–Crippen LogP) is 10.6. The number of nitrogens with one attached hydrogen (secondary N) is 9. The molecule has 4 aromatic carbocycles. The second-order valence-electron chi connectivity index (χ2n) is 35.6. The van der Waals surface area contributed by atoms with E-state index in [4.69, 9.17) is 18.9 Å². The molecule has 3 aromatic heterocycles. The van der Waals surface area contributed by atoms with Gasteiger partial charge in [0.2, 0.25) is 11.8 Å². The highest BCUT2D eigenvalue weighted by Crippen LogP contribution is 2.37. The first-order chi connectivity index (χ1) is 63.7. The van der Waals surface area contributed by atoms with Gasteiger partial charge in [-0.3, -0.25) is 67.2 Å². The molecular weight excluding hydrogens is 1690 g/mol. The van der Waals surface area contributed by atoms with E-state index in [-0.39, 0.29) is 143 Å². The Labute approximate surface area is 767 Å². The summed E-state index contributed by atoms with van der Waals surface area (Å²) in [5, 5.41) is 25.9. The van der Waals surface area contributed by atoms with E-state index in [1.807, 2.05) is 43.3 Å². The summed E-state index contributed by atoms with van der Waals surface area (Å²) in [5.74, 6) is -4.08. The quantitative estimate of drug-likeness (QED) is 0.0111. The van der Waals surface area contributed by atoms with E-state index >= 15 is 0 Å². The van der Waals surface area contributed by atoms with Gasteiger partial charge in [0.15, 0.2) is 46.9 Å². The Morgan fingerprint density at radius 3 is 1.45 bits per heavy atom. The fraction of sp³-hybridized carbons (Fsp3) is 0.490. The minimum Gasteiger partial charge on any atom is -0.483 e. The number of rotatable bonds is 31. The van der Waals surface area contributed by atoms with Crippen LogP contribution in [0.1, 0.15) is 267 Å². The fourth-order valence-electron chi connectivity index (χ4n) is 18.0. The summed E-state index contributed by atoms with van der Waals surface area (Å²) in [5.41, 5.74) is 4.79. The standard InChI is InChI=1S/C30H39N5O5.C26H33N5O4.C21H24N4O2.C21H24N2O7/c1-40-18-8-12-24(36)11-7-13-25(37)35-30(14-5-2-6-15-30)29(39)34-27-26(31-16-17-32-27)28(38)33-23-19-21-9-3-4-10-22(21)20-23;1-25(2,3)35-24(34)31-26(11-7-4-8-12-26)23(33)30-21-20(27-13-14-28-21)22(32)29-19-15-17-9-5-6-10-18(17)16-19;26-20(16-12-14-6-4-5-7-15(14)13-16)25-19-18(22-10-11-23-19)21(27)24-17-8-2-1-3-9-17;1-2-9-29-10-8-22-18(26)12-30-17-5-3-4-14-19(17)21(28)23(20(14)27)15-7-6-13(24)11-16(15)25/h3-4,9-10,16-17,23H,2,5-8,11-15,18-20H2,1H3,(H,33,38)(H,35,37)(H,32,34,39);5-6,9-10,13-14,19H,4,7-8,11-12,15-16H2,1-3H3,(H,29,32)(H,31,34)(H,28,30,33);4-7,10-11,16-17H,1-3,8-9,12-13H2,(H,24,27)(H,23,25,26);3-5,15H,2,6-12H2,1H3,(H,22,26). The van der Waals surface area contributed by atoms with Crippen LogP contribution in [0.4, 0.5) is 22.2 Å². The number of carbonyl (C=O) groups excluding carboxylic acids is 14. The number of amides is 11. The Kier molecular flexibility index (Phi) is 35.1. The molecule has 1 atom stereocenters. The zero-order valence-corrected chi connectivity index (χ0v) is 75.7. The molecule has 0 radical (unpaired) electrons. The number of benzene rings is 4. The van der Waals surface area contributed by atoms with Crippen LogP contribution in [0.2, 0.25) is 0 Å². The molecule has 8 aliphatic rings. The van der Waals surface area contributed by atoms with Crippen LogP contribution < -0.4 is 52.6 Å². The number of aromatic nitrogens is 6. The van der Waals surface area contributed by atoms with Crippen LogP contribution in [-0.4, -0.2) is 198 Å². The number of hydrogen-bond donors (Lipinski definition) is 9. The third-order valence-corrected chi connectivity index (χ3v) is 24.6. The number of Topliss-reactive ketones (excluding diaryl/α,β-unsaturated/α-hetero) is 3. The highest BCUT2D eigenvalue weighted by atomic mass is 16.6. The number of nitrogens with zero attached hydrogens (tertiary/aromatic N) is 7. The van der Waals surface area contributed by atoms with Crippen molar-refractivity contribution in [2.75, 3.05) is 56.0 Å². The van der Waals surface area contributed by atoms with Gasteiger partial charge in [0.25, 0.3) is 47.3 Å². The van der Waals surface area contributed by atoms with Crippen LogP contribution in [0.5, 0.6) is 5.75 Å². The van der Waals surface area contributed by atoms with Crippen molar-refractivity contribution in [1.29, 1.82) is 0 Å². The number of alkyl carbamates (subject to hydrolysis) is 1. The van der Waals surface area contributed by atoms with Crippen LogP contribution in [0.3, 0.4) is 0 Å². The van der Waals surface area contributed by atoms with Gasteiger partial charge in [0.05, 0.1) is 30.2 Å². The van der Waals surface area contributed by atoms with Gasteiger partial charge >= 0.3 is 6.09 Å². The fourth-order valence-corrected chi connectivity index (χ4v) is 18.0. The molecule has 700 valence electrons. The van der Waals surface area contributed by atoms with Crippen molar-refractivity contribution < 1.29 is 86.1 Å². The van der Waals surface area contributed by atoms with E-state index < -0.39 is 70.0 Å². The monoisotopic (exact) mass is 1810 g/mol. The second kappa shape index (κ2) is 47.2. The van der Waals surface area contributed by atoms with Crippen molar-refractivity contribution in [3.05, 3.63) is 190 Å². The molecule has 0 spiro atoms. The maximum atomic E-state index is 13.6. The summed E-state index contributed by atoms with van der Waals surface area (Å²) in [7, 11) is 1.60. The molecule has 7 aromatic rings. The molecule has 4 heterocycles. The van der Waals surface area contributed by atoms with Gasteiger partial charge in [0, 0.05) is 114 Å². The molecule has 0 bridgehead atoms. The minimum atomic E-state index is -1.14. The lowest BCUT2D eigenvalue weighted by Gasteiger charge is -2.36. The maximum absolute atomic E-state index is 13.6. The van der Waals surface area contributed by atoms with Gasteiger partial charge in [0.1, 0.15) is 34.0 Å². The lowest BCUT2D eigenvalue weighted by atomic mass is 9.80. The average Bonchev–Trinajstić information content (AvgIpc) is 1.59. The molecule has 1 aliphatic heterocycles. The maximum Gasteiger partial charge on any atom is 0.408 e. The van der Waals surface area contributed by atoms with E-state index in [9.17, 15) is 67.1 Å². The molecule has 4 saturated carbocycles. The summed E-state index contributed by atoms with van der Waals surface area (Å²) < 4.78 is 21.2. The zero-order valence-electron chi connectivity index (χ0n) is 75.7. The van der Waals surface area contributed by atoms with Crippen molar-refractivity contribution in [3.63, 3.8) is 0 Å². The normalized spacial score (nSPS) is 17.2. The Balaban J connectivity index is 0.000000160. The van der Waals surface area contributed by atoms with Gasteiger partial charge < -0.3 is 66.8 Å². The van der Waals surface area contributed by atoms with Crippen LogP contribution >= 0.6 is 0 Å². The number of imide groups is 1. The Morgan fingerprint density at radius 1 is 0.485 bits per heavy atom. The molecule has 34 heteroatoms. The number of hydrogen-bond acceptors (Lipinski definition) is 24. The minimum absolute atomic E-state index is 0.0336. The third-order valence-electron chi connectivity index (χ3n) is 24.6. The second-order valence-corrected chi connectivity index (χ2v) is 35.6. The first kappa shape index (κ1) is 98.1. The lowest BCUT2D eigenvalue weighted by molar-refractivity contribution is -0.133. The van der Waals surface area contributed by atoms with Crippen molar-refractivity contribution in [2.24, 2.45) is 5.92 Å². The SMILES string of the molecule is CC(C)(C)OC(=O)NC1(C(=O)Nc2nccnc2C(=O)NC2Cc3ccccc3C2)CCCCC1.CCCOCCNC(=O)COc1cccc2c1C(=O)N(C1CCC(=O)CC1=O)C2=O.COCCCC(=O)CCCC(=O)NC1(C(=O)Nc2nccnc2C(=O)NC2Cc3ccccc3C2)CCCCC1.O=C(NC1CCCCC1)c1nccnc1NC(=O)C1Cc2ccccc2C1.